The minimum absolute atomic E-state index is 0.138. The molecule has 3 aliphatic rings. The number of benzene rings is 1. The molecule has 2 N–H and O–H groups in total. The Hall–Kier alpha value is -3.03. The van der Waals surface area contributed by atoms with Crippen molar-refractivity contribution in [2.75, 3.05) is 11.9 Å². The average molecular weight is 369 g/mol. The molecule has 8 heteroatoms. The highest BCUT2D eigenvalue weighted by molar-refractivity contribution is 5.56. The zero-order valence-electron chi connectivity index (χ0n) is 14.7. The van der Waals surface area contributed by atoms with E-state index in [1.54, 1.807) is 0 Å². The van der Waals surface area contributed by atoms with Crippen molar-refractivity contribution in [2.45, 2.75) is 32.1 Å². The minimum Gasteiger partial charge on any atom is -0.356 e. The fraction of sp³-hybridized carbons (Fsp3) is 0.368. The van der Waals surface area contributed by atoms with E-state index in [1.165, 1.54) is 56.5 Å². The molecule has 1 aromatic rings. The van der Waals surface area contributed by atoms with Gasteiger partial charge in [-0.1, -0.05) is 25.3 Å². The molecule has 0 spiro atoms. The molecular formula is C19H20FN5O2. The van der Waals surface area contributed by atoms with E-state index in [2.05, 4.69) is 20.3 Å². The van der Waals surface area contributed by atoms with Gasteiger partial charge in [0.05, 0.1) is 5.69 Å². The number of anilines is 1. The summed E-state index contributed by atoms with van der Waals surface area (Å²) in [5.74, 6) is 0.709. The molecule has 1 aliphatic carbocycles. The van der Waals surface area contributed by atoms with Crippen molar-refractivity contribution in [1.29, 1.82) is 0 Å². The van der Waals surface area contributed by atoms with Gasteiger partial charge in [-0.25, -0.2) is 18.7 Å². The molecule has 0 amide bonds. The summed E-state index contributed by atoms with van der Waals surface area (Å²) in [5, 5.41) is 3.23. The summed E-state index contributed by atoms with van der Waals surface area (Å²) in [6.07, 6.45) is 7.58. The highest BCUT2D eigenvalue weighted by Crippen LogP contribution is 2.23. The first kappa shape index (κ1) is 17.4. The van der Waals surface area contributed by atoms with Crippen molar-refractivity contribution in [1.82, 2.24) is 19.5 Å². The van der Waals surface area contributed by atoms with Crippen LogP contribution in [-0.4, -0.2) is 26.1 Å². The number of halogens is 1. The summed E-state index contributed by atoms with van der Waals surface area (Å²) in [7, 11) is 0. The van der Waals surface area contributed by atoms with Gasteiger partial charge in [0.15, 0.2) is 5.82 Å². The van der Waals surface area contributed by atoms with Crippen molar-refractivity contribution in [3.8, 4) is 17.1 Å². The summed E-state index contributed by atoms with van der Waals surface area (Å²) >= 11 is 0. The van der Waals surface area contributed by atoms with Crippen LogP contribution in [0.1, 0.15) is 32.1 Å². The van der Waals surface area contributed by atoms with Gasteiger partial charge in [0.25, 0.3) is 5.56 Å². The molecule has 1 saturated carbocycles. The third kappa shape index (κ3) is 3.60. The summed E-state index contributed by atoms with van der Waals surface area (Å²) in [6, 6.07) is 5.28. The number of aromatic nitrogens is 4. The number of H-pyrrole nitrogens is 1. The Kier molecular flexibility index (Phi) is 4.70. The van der Waals surface area contributed by atoms with Gasteiger partial charge in [0, 0.05) is 12.7 Å². The van der Waals surface area contributed by atoms with Crippen molar-refractivity contribution in [2.24, 2.45) is 5.92 Å². The fourth-order valence-electron chi connectivity index (χ4n) is 3.56. The maximum absolute atomic E-state index is 13.5. The molecule has 2 heterocycles. The molecule has 0 atom stereocenters. The van der Waals surface area contributed by atoms with Gasteiger partial charge in [-0.05, 0) is 37.0 Å². The number of nitrogens with zero attached hydrogens (tertiary/aromatic N) is 3. The first-order chi connectivity index (χ1) is 13.1. The molecule has 2 aliphatic heterocycles. The zero-order chi connectivity index (χ0) is 18.8. The van der Waals surface area contributed by atoms with Gasteiger partial charge in [-0.15, -0.1) is 0 Å². The third-order valence-electron chi connectivity index (χ3n) is 5.00. The average Bonchev–Trinajstić information content (AvgIpc) is 2.67. The van der Waals surface area contributed by atoms with E-state index in [4.69, 9.17) is 0 Å². The summed E-state index contributed by atoms with van der Waals surface area (Å²) in [5.41, 5.74) is -1.04. The van der Waals surface area contributed by atoms with E-state index in [-0.39, 0.29) is 17.1 Å². The van der Waals surface area contributed by atoms with Crippen molar-refractivity contribution in [3.05, 3.63) is 57.1 Å². The number of aromatic amines is 1. The van der Waals surface area contributed by atoms with Crippen molar-refractivity contribution >= 4 is 5.95 Å². The lowest BCUT2D eigenvalue weighted by molar-refractivity contribution is 0.373. The predicted octanol–water partition coefficient (Wildman–Crippen LogP) is 2.55. The maximum atomic E-state index is 13.5. The second-order valence-corrected chi connectivity index (χ2v) is 6.89. The number of fused-ring (bicyclic) bond motifs is 1. The van der Waals surface area contributed by atoms with Crippen LogP contribution in [-0.2, 0) is 0 Å². The standard InChI is InChI=1S/C19H20FN5O2/c20-13-7-4-8-14(9-13)25-17(26)15-11-22-18(23-16(15)24-19(25)27)21-10-12-5-2-1-3-6-12/h4,7-9,11-12H,1-3,5-6,10H2,(H2,21,22,23,24,27). The summed E-state index contributed by atoms with van der Waals surface area (Å²) in [4.78, 5) is 36.2. The van der Waals surface area contributed by atoms with Gasteiger partial charge in [0.1, 0.15) is 11.4 Å². The summed E-state index contributed by atoms with van der Waals surface area (Å²) < 4.78 is 14.3. The van der Waals surface area contributed by atoms with Crippen LogP contribution >= 0.6 is 0 Å². The molecule has 0 unspecified atom stereocenters. The molecule has 0 aromatic heterocycles. The molecule has 7 nitrogen and oxygen atoms in total. The quantitative estimate of drug-likeness (QED) is 0.737. The van der Waals surface area contributed by atoms with Gasteiger partial charge in [-0.3, -0.25) is 4.79 Å². The van der Waals surface area contributed by atoms with Gasteiger partial charge in [0.2, 0.25) is 5.95 Å². The van der Waals surface area contributed by atoms with E-state index < -0.39 is 17.1 Å². The minimum atomic E-state index is -0.765. The molecular weight excluding hydrogens is 349 g/mol. The van der Waals surface area contributed by atoms with E-state index in [9.17, 15) is 14.0 Å². The Morgan fingerprint density at radius 1 is 1.22 bits per heavy atom. The second-order valence-electron chi connectivity index (χ2n) is 6.89. The molecule has 4 rings (SSSR count). The number of nitrogens with one attached hydrogen (secondary N) is 2. The third-order valence-corrected chi connectivity index (χ3v) is 5.00. The number of hydrogen-bond donors (Lipinski definition) is 2. The zero-order valence-corrected chi connectivity index (χ0v) is 14.7. The summed E-state index contributed by atoms with van der Waals surface area (Å²) in [6.45, 7) is 0.791. The number of hydrogen-bond acceptors (Lipinski definition) is 5. The van der Waals surface area contributed by atoms with Crippen molar-refractivity contribution < 1.29 is 4.39 Å². The SMILES string of the molecule is O=c1nc2[nH]c(NCC3CCCCC3)ncc-2c(=O)n1-c1cccc(F)c1. The van der Waals surface area contributed by atoms with E-state index in [0.717, 1.165) is 17.2 Å². The largest absolute Gasteiger partial charge is 0.357 e. The smallest absolute Gasteiger partial charge is 0.356 e. The first-order valence-electron chi connectivity index (χ1n) is 9.14. The van der Waals surface area contributed by atoms with Gasteiger partial charge in [-0.2, -0.15) is 4.98 Å². The van der Waals surface area contributed by atoms with Crippen LogP contribution in [0.4, 0.5) is 10.3 Å². The second kappa shape index (κ2) is 7.30. The van der Waals surface area contributed by atoms with Crippen LogP contribution in [0.5, 0.6) is 0 Å². The van der Waals surface area contributed by atoms with E-state index >= 15 is 0 Å². The molecule has 0 radical (unpaired) electrons. The first-order valence-corrected chi connectivity index (χ1v) is 9.14. The van der Waals surface area contributed by atoms with Crippen molar-refractivity contribution in [3.63, 3.8) is 0 Å². The Morgan fingerprint density at radius 3 is 2.81 bits per heavy atom. The molecule has 0 saturated heterocycles. The van der Waals surface area contributed by atoms with Crippen LogP contribution in [0.25, 0.3) is 17.1 Å². The topological polar surface area (TPSA) is 92.7 Å². The Bertz CT molecular complexity index is 1040. The Morgan fingerprint density at radius 2 is 2.04 bits per heavy atom. The van der Waals surface area contributed by atoms with E-state index in [1.807, 2.05) is 0 Å². The monoisotopic (exact) mass is 369 g/mol. The van der Waals surface area contributed by atoms with Crippen LogP contribution in [0, 0.1) is 11.7 Å². The van der Waals surface area contributed by atoms with Crippen LogP contribution in [0.3, 0.4) is 0 Å². The molecule has 1 fully saturated rings. The lowest BCUT2D eigenvalue weighted by Gasteiger charge is -2.22. The highest BCUT2D eigenvalue weighted by atomic mass is 19.1. The van der Waals surface area contributed by atoms with Gasteiger partial charge < -0.3 is 10.3 Å². The maximum Gasteiger partial charge on any atom is 0.357 e. The van der Waals surface area contributed by atoms with Crippen LogP contribution in [0.2, 0.25) is 0 Å². The Balaban J connectivity index is 1.65. The Labute approximate surface area is 154 Å². The van der Waals surface area contributed by atoms with Crippen LogP contribution < -0.4 is 16.6 Å². The molecule has 140 valence electrons. The number of rotatable bonds is 4. The molecule has 27 heavy (non-hydrogen) atoms. The van der Waals surface area contributed by atoms with Crippen LogP contribution in [0.15, 0.2) is 40.1 Å². The van der Waals surface area contributed by atoms with E-state index in [0.29, 0.717) is 11.9 Å². The predicted molar refractivity (Wildman–Crippen MR) is 99.9 cm³/mol. The lowest BCUT2D eigenvalue weighted by Crippen LogP contribution is -2.36. The van der Waals surface area contributed by atoms with Gasteiger partial charge >= 0.3 is 5.69 Å². The molecule has 1 aromatic carbocycles. The fourth-order valence-corrected chi connectivity index (χ4v) is 3.56. The highest BCUT2D eigenvalue weighted by Gasteiger charge is 2.18. The normalized spacial score (nSPS) is 15.1. The molecule has 0 bridgehead atoms. The lowest BCUT2D eigenvalue weighted by atomic mass is 9.89.